The third kappa shape index (κ3) is 3.52. The minimum Gasteiger partial charge on any atom is -0.316 e. The van der Waals surface area contributed by atoms with Crippen molar-refractivity contribution < 1.29 is 0 Å². The Labute approximate surface area is 116 Å². The van der Waals surface area contributed by atoms with E-state index in [1.807, 2.05) is 0 Å². The van der Waals surface area contributed by atoms with E-state index in [1.54, 1.807) is 11.1 Å². The van der Waals surface area contributed by atoms with Crippen LogP contribution in [0.25, 0.3) is 0 Å². The van der Waals surface area contributed by atoms with E-state index in [4.69, 9.17) is 0 Å². The first-order valence-corrected chi connectivity index (χ1v) is 8.19. The van der Waals surface area contributed by atoms with Crippen LogP contribution in [0.1, 0.15) is 37.3 Å². The Kier molecular flexibility index (Phi) is 5.13. The molecule has 1 aliphatic rings. The van der Waals surface area contributed by atoms with Crippen LogP contribution in [0.2, 0.25) is 0 Å². The van der Waals surface area contributed by atoms with Gasteiger partial charge in [-0.3, -0.25) is 0 Å². The summed E-state index contributed by atoms with van der Waals surface area (Å²) in [5.41, 5.74) is 3.15. The molecule has 1 aliphatic carbocycles. The summed E-state index contributed by atoms with van der Waals surface area (Å²) >= 11 is 2.09. The average Bonchev–Trinajstić information content (AvgIpc) is 2.33. The predicted octanol–water partition coefficient (Wildman–Crippen LogP) is 3.69. The molecule has 18 heavy (non-hydrogen) atoms. The summed E-state index contributed by atoms with van der Waals surface area (Å²) in [6, 6.07) is 9.56. The van der Waals surface area contributed by atoms with E-state index in [0.29, 0.717) is 6.04 Å². The van der Waals surface area contributed by atoms with E-state index in [0.717, 1.165) is 11.8 Å². The molecule has 0 aliphatic heterocycles. The maximum atomic E-state index is 3.48. The van der Waals surface area contributed by atoms with E-state index in [1.165, 1.54) is 24.3 Å². The van der Waals surface area contributed by atoms with Gasteiger partial charge >= 0.3 is 0 Å². The second-order valence-corrected chi connectivity index (χ2v) is 6.83. The first kappa shape index (κ1) is 14.0. The molecule has 1 N–H and O–H groups in total. The number of benzene rings is 1. The highest BCUT2D eigenvalue weighted by Gasteiger charge is 2.27. The molecule has 1 aromatic rings. The molecule has 0 bridgehead atoms. The average molecular weight is 263 g/mol. The van der Waals surface area contributed by atoms with Gasteiger partial charge < -0.3 is 5.32 Å². The Hall–Kier alpha value is -0.470. The molecule has 0 saturated heterocycles. The van der Waals surface area contributed by atoms with Crippen LogP contribution in [0.4, 0.5) is 0 Å². The molecule has 2 heteroatoms. The zero-order chi connectivity index (χ0) is 13.0. The number of nitrogens with one attached hydrogen (secondary N) is 1. The molecule has 0 heterocycles. The first-order valence-electron chi connectivity index (χ1n) is 7.03. The van der Waals surface area contributed by atoms with Gasteiger partial charge in [-0.15, -0.1) is 0 Å². The van der Waals surface area contributed by atoms with E-state index in [2.05, 4.69) is 62.2 Å². The lowest BCUT2D eigenvalue weighted by molar-refractivity contribution is 0.468. The van der Waals surface area contributed by atoms with Gasteiger partial charge in [-0.1, -0.05) is 38.1 Å². The Balaban J connectivity index is 1.78. The summed E-state index contributed by atoms with van der Waals surface area (Å²) in [5.74, 6) is 4.11. The fourth-order valence-electron chi connectivity index (χ4n) is 2.63. The highest BCUT2D eigenvalue weighted by atomic mass is 32.2. The molecule has 1 nitrogen and oxygen atoms in total. The summed E-state index contributed by atoms with van der Waals surface area (Å²) in [7, 11) is 2.10. The molecule has 2 atom stereocenters. The predicted molar refractivity (Wildman–Crippen MR) is 82.5 cm³/mol. The molecule has 0 spiro atoms. The summed E-state index contributed by atoms with van der Waals surface area (Å²) in [4.78, 5) is 0. The number of thioether (sulfide) groups is 1. The SMILES string of the molecule is CNC(CSCC(C)C)CC1Cc2ccccc21. The smallest absolute Gasteiger partial charge is 0.0161 e. The summed E-state index contributed by atoms with van der Waals surface area (Å²) in [5, 5.41) is 3.48. The lowest BCUT2D eigenvalue weighted by Gasteiger charge is -2.33. The topological polar surface area (TPSA) is 12.0 Å². The zero-order valence-corrected chi connectivity index (χ0v) is 12.6. The number of rotatable bonds is 7. The third-order valence-electron chi connectivity index (χ3n) is 3.71. The van der Waals surface area contributed by atoms with Gasteiger partial charge in [-0.25, -0.2) is 0 Å². The van der Waals surface area contributed by atoms with E-state index >= 15 is 0 Å². The van der Waals surface area contributed by atoms with Crippen molar-refractivity contribution in [3.63, 3.8) is 0 Å². The van der Waals surface area contributed by atoms with Crippen molar-refractivity contribution in [1.82, 2.24) is 5.32 Å². The normalized spacial score (nSPS) is 19.4. The molecule has 0 saturated carbocycles. The van der Waals surface area contributed by atoms with Crippen LogP contribution in [0, 0.1) is 5.92 Å². The van der Waals surface area contributed by atoms with Gasteiger partial charge in [0.2, 0.25) is 0 Å². The quantitative estimate of drug-likeness (QED) is 0.805. The lowest BCUT2D eigenvalue weighted by atomic mass is 9.74. The summed E-state index contributed by atoms with van der Waals surface area (Å²) < 4.78 is 0. The second kappa shape index (κ2) is 6.63. The number of hydrogen-bond acceptors (Lipinski definition) is 2. The first-order chi connectivity index (χ1) is 8.70. The molecule has 100 valence electrons. The molecule has 2 unspecified atom stereocenters. The Morgan fingerprint density at radius 2 is 2.06 bits per heavy atom. The van der Waals surface area contributed by atoms with Gasteiger partial charge in [-0.2, -0.15) is 11.8 Å². The van der Waals surface area contributed by atoms with Crippen molar-refractivity contribution >= 4 is 11.8 Å². The summed E-state index contributed by atoms with van der Waals surface area (Å²) in [6.07, 6.45) is 2.57. The van der Waals surface area contributed by atoms with Gasteiger partial charge in [0.05, 0.1) is 0 Å². The maximum absolute atomic E-state index is 3.48. The third-order valence-corrected chi connectivity index (χ3v) is 5.25. The van der Waals surface area contributed by atoms with Crippen LogP contribution in [-0.2, 0) is 6.42 Å². The zero-order valence-electron chi connectivity index (χ0n) is 11.8. The number of fused-ring (bicyclic) bond motifs is 1. The molecule has 0 radical (unpaired) electrons. The molecule has 1 aromatic carbocycles. The molecular weight excluding hydrogens is 238 g/mol. The van der Waals surface area contributed by atoms with Gasteiger partial charge in [0.15, 0.2) is 0 Å². The highest BCUT2D eigenvalue weighted by Crippen LogP contribution is 2.38. The van der Waals surface area contributed by atoms with Crippen LogP contribution in [0.15, 0.2) is 24.3 Å². The van der Waals surface area contributed by atoms with Crippen LogP contribution in [0.5, 0.6) is 0 Å². The fraction of sp³-hybridized carbons (Fsp3) is 0.625. The van der Waals surface area contributed by atoms with Gasteiger partial charge in [0.25, 0.3) is 0 Å². The van der Waals surface area contributed by atoms with Gasteiger partial charge in [-0.05, 0) is 48.6 Å². The largest absolute Gasteiger partial charge is 0.316 e. The molecular formula is C16H25NS. The molecule has 0 fully saturated rings. The van der Waals surface area contributed by atoms with Crippen molar-refractivity contribution in [2.45, 2.75) is 38.6 Å². The molecule has 2 rings (SSSR count). The van der Waals surface area contributed by atoms with E-state index in [-0.39, 0.29) is 0 Å². The van der Waals surface area contributed by atoms with Crippen molar-refractivity contribution in [2.24, 2.45) is 5.92 Å². The fourth-order valence-corrected chi connectivity index (χ4v) is 3.83. The summed E-state index contributed by atoms with van der Waals surface area (Å²) in [6.45, 7) is 4.59. The van der Waals surface area contributed by atoms with Gasteiger partial charge in [0.1, 0.15) is 0 Å². The van der Waals surface area contributed by atoms with Crippen LogP contribution in [0.3, 0.4) is 0 Å². The second-order valence-electron chi connectivity index (χ2n) is 5.75. The molecule has 0 aromatic heterocycles. The Morgan fingerprint density at radius 1 is 1.28 bits per heavy atom. The van der Waals surface area contributed by atoms with Crippen LogP contribution >= 0.6 is 11.8 Å². The van der Waals surface area contributed by atoms with E-state index < -0.39 is 0 Å². The monoisotopic (exact) mass is 263 g/mol. The van der Waals surface area contributed by atoms with Crippen molar-refractivity contribution in [2.75, 3.05) is 18.6 Å². The Bertz CT molecular complexity index is 375. The Morgan fingerprint density at radius 3 is 2.72 bits per heavy atom. The lowest BCUT2D eigenvalue weighted by Crippen LogP contribution is -2.33. The minimum atomic E-state index is 0.659. The van der Waals surface area contributed by atoms with Crippen molar-refractivity contribution in [3.05, 3.63) is 35.4 Å². The van der Waals surface area contributed by atoms with E-state index in [9.17, 15) is 0 Å². The highest BCUT2D eigenvalue weighted by molar-refractivity contribution is 7.99. The molecule has 0 amide bonds. The van der Waals surface area contributed by atoms with Gasteiger partial charge in [0, 0.05) is 11.8 Å². The standard InChI is InChI=1S/C16H25NS/c1-12(2)10-18-11-15(17-3)9-14-8-13-6-4-5-7-16(13)14/h4-7,12,14-15,17H,8-11H2,1-3H3. The van der Waals surface area contributed by atoms with Crippen molar-refractivity contribution in [3.8, 4) is 0 Å². The number of hydrogen-bond donors (Lipinski definition) is 1. The minimum absolute atomic E-state index is 0.659. The van der Waals surface area contributed by atoms with Crippen LogP contribution < -0.4 is 5.32 Å². The maximum Gasteiger partial charge on any atom is 0.0161 e. The van der Waals surface area contributed by atoms with Crippen LogP contribution in [-0.4, -0.2) is 24.6 Å². The van der Waals surface area contributed by atoms with Crippen molar-refractivity contribution in [1.29, 1.82) is 0 Å².